The lowest BCUT2D eigenvalue weighted by Gasteiger charge is -2.09. The first kappa shape index (κ1) is 18.1. The first-order chi connectivity index (χ1) is 12.6. The predicted molar refractivity (Wildman–Crippen MR) is 98.7 cm³/mol. The summed E-state index contributed by atoms with van der Waals surface area (Å²) in [6.45, 7) is 2.90. The molecule has 2 N–H and O–H groups in total. The van der Waals surface area contributed by atoms with E-state index >= 15 is 0 Å². The lowest BCUT2D eigenvalue weighted by molar-refractivity contribution is -0.122. The molecule has 2 amide bonds. The minimum atomic E-state index is -0.296. The second-order valence-electron chi connectivity index (χ2n) is 6.84. The molecular weight excluding hydrogens is 330 g/mol. The number of nitrogens with zero attached hydrogens (tertiary/aromatic N) is 3. The average Bonchev–Trinajstić information content (AvgIpc) is 3.29. The molecule has 1 saturated carbocycles. The molecule has 0 unspecified atom stereocenters. The van der Waals surface area contributed by atoms with E-state index in [0.717, 1.165) is 24.1 Å². The number of hydrogen-bond donors (Lipinski definition) is 2. The Morgan fingerprint density at radius 1 is 1.23 bits per heavy atom. The van der Waals surface area contributed by atoms with E-state index in [1.165, 1.54) is 12.8 Å². The van der Waals surface area contributed by atoms with Crippen molar-refractivity contribution < 1.29 is 9.59 Å². The van der Waals surface area contributed by atoms with Crippen LogP contribution in [0.2, 0.25) is 0 Å². The summed E-state index contributed by atoms with van der Waals surface area (Å²) in [7, 11) is 0. The third-order valence-electron chi connectivity index (χ3n) is 4.78. The summed E-state index contributed by atoms with van der Waals surface area (Å²) < 4.78 is 1.57. The number of aryl methyl sites for hydroxylation is 1. The molecule has 138 valence electrons. The number of para-hydroxylation sites is 1. The molecule has 1 aromatic carbocycles. The Balaban J connectivity index is 1.44. The highest BCUT2D eigenvalue weighted by Crippen LogP contribution is 2.27. The Morgan fingerprint density at radius 3 is 2.77 bits per heavy atom. The number of amides is 2. The summed E-state index contributed by atoms with van der Waals surface area (Å²) in [5.74, 6) is 0.337. The molecule has 0 aliphatic heterocycles. The van der Waals surface area contributed by atoms with Gasteiger partial charge in [0.1, 0.15) is 0 Å². The van der Waals surface area contributed by atoms with Crippen molar-refractivity contribution in [3.63, 3.8) is 0 Å². The Morgan fingerprint density at radius 2 is 2.00 bits per heavy atom. The molecule has 7 heteroatoms. The van der Waals surface area contributed by atoms with Crippen molar-refractivity contribution in [1.82, 2.24) is 20.3 Å². The average molecular weight is 355 g/mol. The molecule has 0 saturated heterocycles. The van der Waals surface area contributed by atoms with Crippen LogP contribution < -0.4 is 10.6 Å². The van der Waals surface area contributed by atoms with Gasteiger partial charge in [-0.2, -0.15) is 0 Å². The van der Waals surface area contributed by atoms with Crippen LogP contribution in [0.5, 0.6) is 0 Å². The quantitative estimate of drug-likeness (QED) is 0.799. The number of carbonyl (C=O) groups excluding carboxylic acids is 2. The van der Waals surface area contributed by atoms with Gasteiger partial charge in [-0.15, -0.1) is 5.10 Å². The largest absolute Gasteiger partial charge is 0.354 e. The van der Waals surface area contributed by atoms with Crippen LogP contribution in [0.3, 0.4) is 0 Å². The second-order valence-corrected chi connectivity index (χ2v) is 6.84. The number of anilines is 1. The topological polar surface area (TPSA) is 88.9 Å². The fraction of sp³-hybridized carbons (Fsp3) is 0.474. The van der Waals surface area contributed by atoms with Crippen molar-refractivity contribution in [1.29, 1.82) is 0 Å². The van der Waals surface area contributed by atoms with Gasteiger partial charge in [-0.1, -0.05) is 36.3 Å². The van der Waals surface area contributed by atoms with E-state index in [-0.39, 0.29) is 17.5 Å². The summed E-state index contributed by atoms with van der Waals surface area (Å²) in [6, 6.07) is 7.56. The molecule has 26 heavy (non-hydrogen) atoms. The molecule has 2 aromatic rings. The van der Waals surface area contributed by atoms with Gasteiger partial charge in [0.25, 0.3) is 5.91 Å². The van der Waals surface area contributed by atoms with E-state index in [0.29, 0.717) is 25.4 Å². The SMILES string of the molecule is Cc1ccccc1NC(=O)c1cn(CCNC(=O)CC2CCCC2)nn1. The van der Waals surface area contributed by atoms with Crippen molar-refractivity contribution in [2.75, 3.05) is 11.9 Å². The molecule has 0 atom stereocenters. The summed E-state index contributed by atoms with van der Waals surface area (Å²) in [5, 5.41) is 13.6. The van der Waals surface area contributed by atoms with Crippen LogP contribution >= 0.6 is 0 Å². The minimum absolute atomic E-state index is 0.0922. The predicted octanol–water partition coefficient (Wildman–Crippen LogP) is 2.54. The molecule has 3 rings (SSSR count). The van der Waals surface area contributed by atoms with Crippen molar-refractivity contribution >= 4 is 17.5 Å². The molecule has 1 heterocycles. The lowest BCUT2D eigenvalue weighted by atomic mass is 10.0. The van der Waals surface area contributed by atoms with Gasteiger partial charge in [0.2, 0.25) is 5.91 Å². The van der Waals surface area contributed by atoms with Crippen molar-refractivity contribution in [3.05, 3.63) is 41.7 Å². The highest BCUT2D eigenvalue weighted by molar-refractivity contribution is 6.02. The van der Waals surface area contributed by atoms with Gasteiger partial charge in [-0.3, -0.25) is 9.59 Å². The zero-order chi connectivity index (χ0) is 18.4. The highest BCUT2D eigenvalue weighted by Gasteiger charge is 2.18. The Labute approximate surface area is 153 Å². The van der Waals surface area contributed by atoms with E-state index in [1.807, 2.05) is 31.2 Å². The third-order valence-corrected chi connectivity index (χ3v) is 4.78. The Hall–Kier alpha value is -2.70. The fourth-order valence-corrected chi connectivity index (χ4v) is 3.27. The van der Waals surface area contributed by atoms with Crippen molar-refractivity contribution in [2.24, 2.45) is 5.92 Å². The molecule has 0 spiro atoms. The molecule has 1 aliphatic rings. The van der Waals surface area contributed by atoms with Crippen molar-refractivity contribution in [3.8, 4) is 0 Å². The standard InChI is InChI=1S/C19H25N5O2/c1-14-6-2-5-9-16(14)21-19(26)17-13-24(23-22-17)11-10-20-18(25)12-15-7-3-4-8-15/h2,5-6,9,13,15H,3-4,7-8,10-12H2,1H3,(H,20,25)(H,21,26). The Kier molecular flexibility index (Phi) is 5.99. The molecule has 7 nitrogen and oxygen atoms in total. The van der Waals surface area contributed by atoms with Crippen LogP contribution in [0, 0.1) is 12.8 Å². The molecular formula is C19H25N5O2. The van der Waals surface area contributed by atoms with E-state index < -0.39 is 0 Å². The van der Waals surface area contributed by atoms with Crippen LogP contribution in [0.4, 0.5) is 5.69 Å². The third kappa shape index (κ3) is 4.91. The van der Waals surface area contributed by atoms with Gasteiger partial charge >= 0.3 is 0 Å². The van der Waals surface area contributed by atoms with Crippen LogP contribution in [-0.4, -0.2) is 33.4 Å². The van der Waals surface area contributed by atoms with Gasteiger partial charge in [-0.05, 0) is 37.3 Å². The van der Waals surface area contributed by atoms with Gasteiger partial charge in [0.05, 0.1) is 12.7 Å². The Bertz CT molecular complexity index is 765. The van der Waals surface area contributed by atoms with Gasteiger partial charge in [-0.25, -0.2) is 4.68 Å². The smallest absolute Gasteiger partial charge is 0.277 e. The summed E-state index contributed by atoms with van der Waals surface area (Å²) in [5.41, 5.74) is 2.00. The number of aromatic nitrogens is 3. The zero-order valence-corrected chi connectivity index (χ0v) is 15.1. The van der Waals surface area contributed by atoms with Crippen molar-refractivity contribution in [2.45, 2.75) is 45.6 Å². The number of hydrogen-bond acceptors (Lipinski definition) is 4. The van der Waals surface area contributed by atoms with Crippen LogP contribution in [0.15, 0.2) is 30.5 Å². The van der Waals surface area contributed by atoms with E-state index in [2.05, 4.69) is 20.9 Å². The summed E-state index contributed by atoms with van der Waals surface area (Å²) >= 11 is 0. The lowest BCUT2D eigenvalue weighted by Crippen LogP contribution is -2.28. The molecule has 0 radical (unpaired) electrons. The van der Waals surface area contributed by atoms with E-state index in [1.54, 1.807) is 10.9 Å². The van der Waals surface area contributed by atoms with E-state index in [4.69, 9.17) is 0 Å². The summed E-state index contributed by atoms with van der Waals surface area (Å²) in [4.78, 5) is 24.2. The maximum absolute atomic E-state index is 12.3. The maximum Gasteiger partial charge on any atom is 0.277 e. The minimum Gasteiger partial charge on any atom is -0.354 e. The van der Waals surface area contributed by atoms with Crippen LogP contribution in [0.1, 0.15) is 48.2 Å². The first-order valence-corrected chi connectivity index (χ1v) is 9.15. The molecule has 1 aliphatic carbocycles. The maximum atomic E-state index is 12.3. The van der Waals surface area contributed by atoms with Crippen LogP contribution in [-0.2, 0) is 11.3 Å². The van der Waals surface area contributed by atoms with E-state index in [9.17, 15) is 9.59 Å². The van der Waals surface area contributed by atoms with Gasteiger partial charge in [0.15, 0.2) is 5.69 Å². The molecule has 1 fully saturated rings. The molecule has 0 bridgehead atoms. The second kappa shape index (κ2) is 8.60. The normalized spacial score (nSPS) is 14.3. The highest BCUT2D eigenvalue weighted by atomic mass is 16.2. The number of rotatable bonds is 7. The number of benzene rings is 1. The monoisotopic (exact) mass is 355 g/mol. The summed E-state index contributed by atoms with van der Waals surface area (Å²) in [6.07, 6.45) is 7.01. The van der Waals surface area contributed by atoms with Gasteiger partial charge < -0.3 is 10.6 Å². The van der Waals surface area contributed by atoms with Gasteiger partial charge in [0, 0.05) is 18.7 Å². The van der Waals surface area contributed by atoms with Crippen LogP contribution in [0.25, 0.3) is 0 Å². The zero-order valence-electron chi connectivity index (χ0n) is 15.1. The first-order valence-electron chi connectivity index (χ1n) is 9.15. The number of carbonyl (C=O) groups is 2. The number of nitrogens with one attached hydrogen (secondary N) is 2. The molecule has 1 aromatic heterocycles. The fourth-order valence-electron chi connectivity index (χ4n) is 3.27.